The van der Waals surface area contributed by atoms with Crippen LogP contribution in [-0.4, -0.2) is 81.6 Å². The van der Waals surface area contributed by atoms with Crippen molar-refractivity contribution in [3.63, 3.8) is 0 Å². The number of aryl methyl sites for hydroxylation is 2. The summed E-state index contributed by atoms with van der Waals surface area (Å²) < 4.78 is 15.9. The smallest absolute Gasteiger partial charge is 0.407 e. The molecule has 59 heavy (non-hydrogen) atoms. The van der Waals surface area contributed by atoms with Crippen LogP contribution in [0.3, 0.4) is 0 Å². The highest BCUT2D eigenvalue weighted by molar-refractivity contribution is 6.13. The van der Waals surface area contributed by atoms with Crippen molar-refractivity contribution in [3.8, 4) is 11.5 Å². The number of rotatable bonds is 11. The highest BCUT2D eigenvalue weighted by atomic mass is 16.6. The van der Waals surface area contributed by atoms with Gasteiger partial charge in [0.05, 0.1) is 36.5 Å². The van der Waals surface area contributed by atoms with Crippen LogP contribution in [0.4, 0.5) is 28.3 Å². The van der Waals surface area contributed by atoms with Crippen LogP contribution in [0.5, 0.6) is 11.5 Å². The molecular weight excluding hydrogens is 753 g/mol. The third-order valence-corrected chi connectivity index (χ3v) is 10.2. The molecule has 0 bridgehead atoms. The number of hydrogen-bond donors (Lipinski definition) is 6. The van der Waals surface area contributed by atoms with Gasteiger partial charge in [0, 0.05) is 36.6 Å². The zero-order valence-electron chi connectivity index (χ0n) is 35.1. The quantitative estimate of drug-likeness (QED) is 0.0932. The van der Waals surface area contributed by atoms with Crippen molar-refractivity contribution in [1.29, 1.82) is 0 Å². The number of anilines is 4. The standard InChI is InChI=1S/C24H33N5O4.C19H25N5O2/c1-14-6-11-19(32-5)17(12-14)20(30)18-13-26-22(29-21(18)25)27-15-7-9-16(10-8-15)28-23(31)33-24(2,3)4;1-11-3-8-16(26-2)14(9-11)17(25)15-10-22-19(24-18(15)21)23-13-6-4-12(20)5-7-13/h6,11-13,15-16H,7-10H2,1-5H3,(H,28,31)(H3,25,26,27,29);3,8-10,12-13H,4-7,20H2,1-2H3,(H3,21,22,23,24). The molecule has 0 atom stereocenters. The minimum atomic E-state index is -0.516. The fourth-order valence-corrected chi connectivity index (χ4v) is 7.05. The second-order valence-corrected chi connectivity index (χ2v) is 16.1. The van der Waals surface area contributed by atoms with E-state index in [1.54, 1.807) is 24.3 Å². The minimum Gasteiger partial charge on any atom is -0.496 e. The van der Waals surface area contributed by atoms with Gasteiger partial charge in [0.15, 0.2) is 0 Å². The molecule has 16 nitrogen and oxygen atoms in total. The van der Waals surface area contributed by atoms with Gasteiger partial charge >= 0.3 is 6.09 Å². The Labute approximate surface area is 345 Å². The molecule has 0 radical (unpaired) electrons. The first kappa shape index (κ1) is 44.1. The highest BCUT2D eigenvalue weighted by Crippen LogP contribution is 2.28. The fourth-order valence-electron chi connectivity index (χ4n) is 7.05. The van der Waals surface area contributed by atoms with E-state index in [2.05, 4.69) is 35.9 Å². The Kier molecular flexibility index (Phi) is 14.7. The van der Waals surface area contributed by atoms with Crippen molar-refractivity contribution in [2.45, 2.75) is 116 Å². The third-order valence-electron chi connectivity index (χ3n) is 10.2. The van der Waals surface area contributed by atoms with Gasteiger partial charge in [-0.2, -0.15) is 9.97 Å². The molecule has 9 N–H and O–H groups in total. The summed E-state index contributed by atoms with van der Waals surface area (Å²) in [5, 5.41) is 9.51. The van der Waals surface area contributed by atoms with E-state index in [4.69, 9.17) is 31.4 Å². The highest BCUT2D eigenvalue weighted by Gasteiger charge is 2.27. The van der Waals surface area contributed by atoms with E-state index in [1.165, 1.54) is 26.6 Å². The number of hydrogen-bond acceptors (Lipinski definition) is 15. The van der Waals surface area contributed by atoms with Crippen LogP contribution in [-0.2, 0) is 4.74 Å². The number of amides is 1. The topological polar surface area (TPSA) is 245 Å². The molecule has 316 valence electrons. The first-order chi connectivity index (χ1) is 28.0. The van der Waals surface area contributed by atoms with E-state index in [9.17, 15) is 14.4 Å². The number of carbonyl (C=O) groups excluding carboxylic acids is 3. The first-order valence-corrected chi connectivity index (χ1v) is 19.9. The van der Waals surface area contributed by atoms with E-state index < -0.39 is 5.60 Å². The van der Waals surface area contributed by atoms with Gasteiger partial charge < -0.3 is 47.4 Å². The van der Waals surface area contributed by atoms with E-state index in [-0.39, 0.29) is 64.6 Å². The first-order valence-electron chi connectivity index (χ1n) is 19.9. The predicted octanol–water partition coefficient (Wildman–Crippen LogP) is 6.14. The number of nitrogens with zero attached hydrogens (tertiary/aromatic N) is 4. The maximum atomic E-state index is 13.0. The van der Waals surface area contributed by atoms with Crippen molar-refractivity contribution in [1.82, 2.24) is 25.3 Å². The number of nitrogens with one attached hydrogen (secondary N) is 3. The second-order valence-electron chi connectivity index (χ2n) is 16.1. The summed E-state index contributed by atoms with van der Waals surface area (Å²) in [5.41, 5.74) is 20.8. The number of methoxy groups -OCH3 is 2. The summed E-state index contributed by atoms with van der Waals surface area (Å²) in [6.07, 6.45) is 9.77. The van der Waals surface area contributed by atoms with Gasteiger partial charge in [0.25, 0.3) is 0 Å². The summed E-state index contributed by atoms with van der Waals surface area (Å²) in [6.45, 7) is 9.35. The molecule has 2 aliphatic rings. The Balaban J connectivity index is 0.000000230. The fraction of sp³-hybridized carbons (Fsp3) is 0.465. The summed E-state index contributed by atoms with van der Waals surface area (Å²) in [4.78, 5) is 55.0. The molecule has 2 aromatic carbocycles. The zero-order valence-corrected chi connectivity index (χ0v) is 35.1. The zero-order chi connectivity index (χ0) is 42.9. The van der Waals surface area contributed by atoms with Crippen LogP contribution < -0.4 is 42.6 Å². The molecule has 4 aromatic rings. The molecular formula is C43H58N10O6. The summed E-state index contributed by atoms with van der Waals surface area (Å²) in [5.74, 6) is 1.53. The summed E-state index contributed by atoms with van der Waals surface area (Å²) in [7, 11) is 3.05. The molecule has 16 heteroatoms. The molecule has 2 fully saturated rings. The molecule has 0 unspecified atom stereocenters. The van der Waals surface area contributed by atoms with Crippen LogP contribution in [0.15, 0.2) is 48.8 Å². The Bertz CT molecular complexity index is 2110. The average Bonchev–Trinajstić information content (AvgIpc) is 3.18. The number of nitrogen functional groups attached to an aromatic ring is 2. The maximum Gasteiger partial charge on any atom is 0.407 e. The number of nitrogens with two attached hydrogens (primary N) is 3. The van der Waals surface area contributed by atoms with Crippen molar-refractivity contribution in [2.75, 3.05) is 36.3 Å². The lowest BCUT2D eigenvalue weighted by atomic mass is 9.91. The van der Waals surface area contributed by atoms with Crippen LogP contribution in [0.25, 0.3) is 0 Å². The number of ketones is 2. The molecule has 6 rings (SSSR count). The van der Waals surface area contributed by atoms with E-state index in [0.29, 0.717) is 34.5 Å². The van der Waals surface area contributed by atoms with Gasteiger partial charge in [-0.1, -0.05) is 23.3 Å². The molecule has 2 aliphatic carbocycles. The summed E-state index contributed by atoms with van der Waals surface area (Å²) >= 11 is 0. The number of carbonyl (C=O) groups is 3. The normalized spacial score (nSPS) is 19.0. The molecule has 2 aromatic heterocycles. The monoisotopic (exact) mass is 810 g/mol. The van der Waals surface area contributed by atoms with Crippen LogP contribution in [0, 0.1) is 13.8 Å². The van der Waals surface area contributed by atoms with Crippen LogP contribution in [0.1, 0.15) is 115 Å². The van der Waals surface area contributed by atoms with Gasteiger partial charge in [-0.25, -0.2) is 14.8 Å². The number of aromatic nitrogens is 4. The van der Waals surface area contributed by atoms with Gasteiger partial charge in [0.2, 0.25) is 23.5 Å². The number of benzene rings is 2. The predicted molar refractivity (Wildman–Crippen MR) is 228 cm³/mol. The Morgan fingerprint density at radius 2 is 1.05 bits per heavy atom. The minimum absolute atomic E-state index is 0.0770. The maximum absolute atomic E-state index is 13.0. The third kappa shape index (κ3) is 12.2. The molecule has 0 spiro atoms. The molecule has 0 aliphatic heterocycles. The SMILES string of the molecule is COc1ccc(C)cc1C(=O)c1cnc(NC2CCC(N)CC2)nc1N.COc1ccc(C)cc1C(=O)c1cnc(NC2CCC(NC(=O)OC(C)(C)C)CC2)nc1N. The lowest BCUT2D eigenvalue weighted by Gasteiger charge is -2.30. The van der Waals surface area contributed by atoms with Gasteiger partial charge in [-0.3, -0.25) is 9.59 Å². The van der Waals surface area contributed by atoms with Gasteiger partial charge in [-0.05, 0) is 110 Å². The van der Waals surface area contributed by atoms with Crippen LogP contribution >= 0.6 is 0 Å². The van der Waals surface area contributed by atoms with E-state index in [1.807, 2.05) is 46.8 Å². The largest absolute Gasteiger partial charge is 0.496 e. The van der Waals surface area contributed by atoms with E-state index in [0.717, 1.165) is 62.5 Å². The average molecular weight is 811 g/mol. The van der Waals surface area contributed by atoms with Gasteiger partial charge in [-0.15, -0.1) is 0 Å². The lowest BCUT2D eigenvalue weighted by molar-refractivity contribution is 0.0491. The van der Waals surface area contributed by atoms with Crippen molar-refractivity contribution >= 4 is 41.2 Å². The Hall–Kier alpha value is -6.03. The Morgan fingerprint density at radius 1 is 0.644 bits per heavy atom. The lowest BCUT2D eigenvalue weighted by Crippen LogP contribution is -2.42. The molecule has 0 saturated heterocycles. The van der Waals surface area contributed by atoms with E-state index >= 15 is 0 Å². The Morgan fingerprint density at radius 3 is 1.44 bits per heavy atom. The second kappa shape index (κ2) is 19.6. The van der Waals surface area contributed by atoms with Gasteiger partial charge in [0.1, 0.15) is 28.7 Å². The van der Waals surface area contributed by atoms with Crippen LogP contribution in [0.2, 0.25) is 0 Å². The van der Waals surface area contributed by atoms with Crippen molar-refractivity contribution in [2.24, 2.45) is 5.73 Å². The molecule has 2 heterocycles. The summed E-state index contributed by atoms with van der Waals surface area (Å²) in [6, 6.07) is 11.6. The molecule has 1 amide bonds. The molecule has 2 saturated carbocycles. The van der Waals surface area contributed by atoms with Crippen molar-refractivity contribution < 1.29 is 28.6 Å². The number of ether oxygens (including phenoxy) is 3. The number of alkyl carbamates (subject to hydrolysis) is 1. The van der Waals surface area contributed by atoms with Crippen molar-refractivity contribution in [3.05, 3.63) is 82.2 Å².